The lowest BCUT2D eigenvalue weighted by Crippen LogP contribution is -2.52. The molecule has 2 rings (SSSR count). The van der Waals surface area contributed by atoms with Crippen molar-refractivity contribution in [3.05, 3.63) is 0 Å². The van der Waals surface area contributed by atoms with E-state index in [2.05, 4.69) is 18.7 Å². The van der Waals surface area contributed by atoms with E-state index >= 15 is 0 Å². The van der Waals surface area contributed by atoms with Crippen molar-refractivity contribution >= 4 is 0 Å². The molecule has 2 N–H and O–H groups in total. The van der Waals surface area contributed by atoms with E-state index in [0.29, 0.717) is 18.2 Å². The lowest BCUT2D eigenvalue weighted by Gasteiger charge is -2.42. The number of hydrogen-bond acceptors (Lipinski definition) is 3. The molecule has 4 atom stereocenters. The van der Waals surface area contributed by atoms with Gasteiger partial charge in [0.15, 0.2) is 0 Å². The molecule has 0 saturated carbocycles. The Morgan fingerprint density at radius 3 is 2.67 bits per heavy atom. The molecule has 88 valence electrons. The number of likely N-dealkylation sites (tertiary alicyclic amines) is 1. The lowest BCUT2D eigenvalue weighted by molar-refractivity contribution is -0.0278. The minimum atomic E-state index is 0.381. The van der Waals surface area contributed by atoms with Crippen molar-refractivity contribution in [2.24, 2.45) is 11.7 Å². The maximum atomic E-state index is 6.08. The normalized spacial score (nSPS) is 44.2. The summed E-state index contributed by atoms with van der Waals surface area (Å²) in [5.41, 5.74) is 6.08. The minimum absolute atomic E-state index is 0.381. The summed E-state index contributed by atoms with van der Waals surface area (Å²) in [7, 11) is 0. The van der Waals surface area contributed by atoms with Crippen LogP contribution in [-0.4, -0.2) is 42.8 Å². The second-order valence-corrected chi connectivity index (χ2v) is 5.41. The van der Waals surface area contributed by atoms with Crippen LogP contribution in [0.5, 0.6) is 0 Å². The molecule has 0 bridgehead atoms. The summed E-state index contributed by atoms with van der Waals surface area (Å²) < 4.78 is 5.59. The molecule has 2 heterocycles. The molecule has 0 aromatic rings. The molecule has 3 nitrogen and oxygen atoms in total. The Morgan fingerprint density at radius 1 is 1.20 bits per heavy atom. The van der Waals surface area contributed by atoms with Gasteiger partial charge in [0.1, 0.15) is 0 Å². The van der Waals surface area contributed by atoms with Gasteiger partial charge in [-0.1, -0.05) is 6.92 Å². The monoisotopic (exact) mass is 212 g/mol. The highest BCUT2D eigenvalue weighted by Gasteiger charge is 2.30. The molecule has 0 aromatic heterocycles. The topological polar surface area (TPSA) is 38.5 Å². The summed E-state index contributed by atoms with van der Waals surface area (Å²) >= 11 is 0. The smallest absolute Gasteiger partial charge is 0.0561 e. The lowest BCUT2D eigenvalue weighted by atomic mass is 9.92. The van der Waals surface area contributed by atoms with Crippen LogP contribution in [0.25, 0.3) is 0 Å². The number of ether oxygens (including phenoxy) is 1. The molecule has 0 aliphatic carbocycles. The Balaban J connectivity index is 1.91. The maximum Gasteiger partial charge on any atom is 0.0561 e. The third kappa shape index (κ3) is 2.92. The summed E-state index contributed by atoms with van der Waals surface area (Å²) in [6.07, 6.45) is 3.98. The average molecular weight is 212 g/mol. The van der Waals surface area contributed by atoms with Crippen molar-refractivity contribution in [3.8, 4) is 0 Å². The van der Waals surface area contributed by atoms with Crippen molar-refractivity contribution in [2.45, 2.75) is 51.3 Å². The van der Waals surface area contributed by atoms with Gasteiger partial charge in [0.2, 0.25) is 0 Å². The number of nitrogens with zero attached hydrogens (tertiary/aromatic N) is 1. The molecular formula is C12H24N2O. The molecule has 4 unspecified atom stereocenters. The van der Waals surface area contributed by atoms with Crippen LogP contribution in [0.2, 0.25) is 0 Å². The molecule has 2 aliphatic rings. The van der Waals surface area contributed by atoms with Crippen LogP contribution in [0.15, 0.2) is 0 Å². The Hall–Kier alpha value is -0.120. The molecule has 0 radical (unpaired) electrons. The first-order chi connectivity index (χ1) is 7.15. The van der Waals surface area contributed by atoms with Gasteiger partial charge in [-0.05, 0) is 32.1 Å². The van der Waals surface area contributed by atoms with Crippen LogP contribution in [0.1, 0.15) is 33.1 Å². The van der Waals surface area contributed by atoms with Gasteiger partial charge < -0.3 is 10.5 Å². The van der Waals surface area contributed by atoms with Gasteiger partial charge in [0, 0.05) is 31.8 Å². The van der Waals surface area contributed by atoms with E-state index < -0.39 is 0 Å². The molecule has 15 heavy (non-hydrogen) atoms. The van der Waals surface area contributed by atoms with E-state index in [9.17, 15) is 0 Å². The molecule has 0 aromatic carbocycles. The zero-order valence-corrected chi connectivity index (χ0v) is 9.98. The van der Waals surface area contributed by atoms with Crippen molar-refractivity contribution in [1.82, 2.24) is 4.90 Å². The highest BCUT2D eigenvalue weighted by molar-refractivity contribution is 4.86. The van der Waals surface area contributed by atoms with Crippen LogP contribution in [0.3, 0.4) is 0 Å². The number of nitrogens with two attached hydrogens (primary N) is 1. The first kappa shape index (κ1) is 11.4. The second kappa shape index (κ2) is 4.81. The number of piperidine rings is 1. The van der Waals surface area contributed by atoms with Gasteiger partial charge in [0.25, 0.3) is 0 Å². The number of rotatable bonds is 1. The molecule has 0 spiro atoms. The van der Waals surface area contributed by atoms with E-state index in [4.69, 9.17) is 10.5 Å². The summed E-state index contributed by atoms with van der Waals surface area (Å²) in [5, 5.41) is 0. The van der Waals surface area contributed by atoms with Crippen LogP contribution < -0.4 is 5.73 Å². The van der Waals surface area contributed by atoms with E-state index in [1.807, 2.05) is 0 Å². The van der Waals surface area contributed by atoms with E-state index in [1.54, 1.807) is 0 Å². The van der Waals surface area contributed by atoms with Gasteiger partial charge in [-0.25, -0.2) is 0 Å². The van der Waals surface area contributed by atoms with Gasteiger partial charge >= 0.3 is 0 Å². The molecule has 2 fully saturated rings. The Kier molecular flexibility index (Phi) is 3.65. The largest absolute Gasteiger partial charge is 0.378 e. The van der Waals surface area contributed by atoms with Crippen LogP contribution in [0, 0.1) is 5.92 Å². The zero-order chi connectivity index (χ0) is 10.8. The molecular weight excluding hydrogens is 188 g/mol. The standard InChI is InChI=1S/C12H24N2O/c1-9-5-11(13)8-14(7-9)12-3-4-15-10(2)6-12/h9-12H,3-8,13H2,1-2H3. The van der Waals surface area contributed by atoms with E-state index in [1.165, 1.54) is 25.8 Å². The van der Waals surface area contributed by atoms with Gasteiger partial charge in [-0.15, -0.1) is 0 Å². The third-order valence-corrected chi connectivity index (χ3v) is 3.69. The van der Waals surface area contributed by atoms with Gasteiger partial charge in [-0.2, -0.15) is 0 Å². The van der Waals surface area contributed by atoms with Crippen molar-refractivity contribution in [2.75, 3.05) is 19.7 Å². The third-order valence-electron chi connectivity index (χ3n) is 3.69. The number of hydrogen-bond donors (Lipinski definition) is 1. The summed E-state index contributed by atoms with van der Waals surface area (Å²) in [4.78, 5) is 2.60. The highest BCUT2D eigenvalue weighted by Crippen LogP contribution is 2.24. The predicted molar refractivity (Wildman–Crippen MR) is 61.8 cm³/mol. The van der Waals surface area contributed by atoms with Crippen LogP contribution in [-0.2, 0) is 4.74 Å². The fourth-order valence-electron chi connectivity index (χ4n) is 3.05. The molecule has 3 heteroatoms. The fourth-order valence-corrected chi connectivity index (χ4v) is 3.05. The second-order valence-electron chi connectivity index (χ2n) is 5.41. The Bertz CT molecular complexity index is 200. The minimum Gasteiger partial charge on any atom is -0.378 e. The predicted octanol–water partition coefficient (Wildman–Crippen LogP) is 1.22. The van der Waals surface area contributed by atoms with Crippen LogP contribution >= 0.6 is 0 Å². The first-order valence-electron chi connectivity index (χ1n) is 6.26. The summed E-state index contributed by atoms with van der Waals surface area (Å²) in [6.45, 7) is 7.73. The van der Waals surface area contributed by atoms with Gasteiger partial charge in [-0.3, -0.25) is 4.90 Å². The van der Waals surface area contributed by atoms with E-state index in [-0.39, 0.29) is 0 Å². The molecule has 2 aliphatic heterocycles. The highest BCUT2D eigenvalue weighted by atomic mass is 16.5. The van der Waals surface area contributed by atoms with Crippen molar-refractivity contribution < 1.29 is 4.74 Å². The van der Waals surface area contributed by atoms with E-state index in [0.717, 1.165) is 19.1 Å². The Labute approximate surface area is 93.0 Å². The maximum absolute atomic E-state index is 6.08. The van der Waals surface area contributed by atoms with Crippen molar-refractivity contribution in [3.63, 3.8) is 0 Å². The summed E-state index contributed by atoms with van der Waals surface area (Å²) in [5.74, 6) is 0.756. The quantitative estimate of drug-likeness (QED) is 0.710. The molecule has 0 amide bonds. The van der Waals surface area contributed by atoms with Gasteiger partial charge in [0.05, 0.1) is 6.10 Å². The fraction of sp³-hybridized carbons (Fsp3) is 1.00. The zero-order valence-electron chi connectivity index (χ0n) is 9.98. The summed E-state index contributed by atoms with van der Waals surface area (Å²) in [6, 6.07) is 1.09. The first-order valence-corrected chi connectivity index (χ1v) is 6.26. The molecule has 2 saturated heterocycles. The Morgan fingerprint density at radius 2 is 2.00 bits per heavy atom. The van der Waals surface area contributed by atoms with Crippen molar-refractivity contribution in [1.29, 1.82) is 0 Å². The average Bonchev–Trinajstić information content (AvgIpc) is 2.16. The SMILES string of the molecule is CC1CC(N)CN(C2CCOC(C)C2)C1. The van der Waals surface area contributed by atoms with Crippen LogP contribution in [0.4, 0.5) is 0 Å².